The highest BCUT2D eigenvalue weighted by molar-refractivity contribution is 5.95. The van der Waals surface area contributed by atoms with Crippen molar-refractivity contribution in [2.24, 2.45) is 23.5 Å². The largest absolute Gasteiger partial charge is 0.481 e. The second-order valence-electron chi connectivity index (χ2n) is 22.4. The predicted molar refractivity (Wildman–Crippen MR) is 304 cm³/mol. The normalized spacial score (nSPS) is 11.4. The summed E-state index contributed by atoms with van der Waals surface area (Å²) < 4.78 is 24.8. The van der Waals surface area contributed by atoms with Crippen molar-refractivity contribution in [3.63, 3.8) is 0 Å². The molecule has 0 aliphatic heterocycles. The molecule has 0 aliphatic rings. The quantitative estimate of drug-likeness (QED) is 0.0859. The molecule has 1 atom stereocenters. The van der Waals surface area contributed by atoms with Crippen LogP contribution in [0, 0.1) is 17.8 Å². The van der Waals surface area contributed by atoms with Crippen molar-refractivity contribution in [3.05, 3.63) is 61.3 Å². The Morgan fingerprint density at radius 2 is 0.877 bits per heavy atom. The van der Waals surface area contributed by atoms with Gasteiger partial charge in [-0.15, -0.1) is 20.4 Å². The molecule has 0 unspecified atom stereocenters. The third-order valence-electron chi connectivity index (χ3n) is 8.69. The lowest BCUT2D eigenvalue weighted by molar-refractivity contribution is -0.140. The van der Waals surface area contributed by atoms with Crippen molar-refractivity contribution in [2.75, 3.05) is 40.7 Å². The van der Waals surface area contributed by atoms with Gasteiger partial charge in [-0.05, 0) is 96.1 Å². The van der Waals surface area contributed by atoms with Crippen molar-refractivity contribution in [3.8, 4) is 0 Å². The smallest absolute Gasteiger partial charge is 0.435 e. The van der Waals surface area contributed by atoms with E-state index >= 15 is 0 Å². The Balaban J connectivity index is 0.000000989. The van der Waals surface area contributed by atoms with Crippen LogP contribution in [0.3, 0.4) is 0 Å². The van der Waals surface area contributed by atoms with E-state index in [2.05, 4.69) is 35.9 Å². The monoisotopic (exact) mass is 1140 g/mol. The maximum Gasteiger partial charge on any atom is 0.435 e. The fourth-order valence-corrected chi connectivity index (χ4v) is 4.81. The van der Waals surface area contributed by atoms with Gasteiger partial charge in [-0.3, -0.25) is 34.1 Å². The number of aliphatic carboxylic acids is 1. The number of nitrogens with two attached hydrogens (primary N) is 3. The molecule has 29 heteroatoms. The van der Waals surface area contributed by atoms with Gasteiger partial charge in [0.1, 0.15) is 34.0 Å². The van der Waals surface area contributed by atoms with Gasteiger partial charge in [0, 0.05) is 75.0 Å². The maximum atomic E-state index is 11.8. The summed E-state index contributed by atoms with van der Waals surface area (Å²) in [5.41, 5.74) is 13.7. The number of nitrogens with zero attached hydrogens (tertiary/aromatic N) is 11. The molecule has 5 aromatic rings. The van der Waals surface area contributed by atoms with Crippen LogP contribution >= 0.6 is 0 Å². The summed E-state index contributed by atoms with van der Waals surface area (Å²) in [7, 11) is 3.18. The highest BCUT2D eigenvalue weighted by Crippen LogP contribution is 2.16. The first-order valence-corrected chi connectivity index (χ1v) is 25.3. The first-order chi connectivity index (χ1) is 36.8. The lowest BCUT2D eigenvalue weighted by Gasteiger charge is -2.19. The lowest BCUT2D eigenvalue weighted by Crippen LogP contribution is -2.40. The van der Waals surface area contributed by atoms with Crippen LogP contribution in [0.15, 0.2) is 61.3 Å². The molecule has 3 amide bonds. The Morgan fingerprint density at radius 1 is 0.531 bits per heavy atom. The number of carbonyl (C=O) groups is 8. The van der Waals surface area contributed by atoms with Crippen LogP contribution < -0.4 is 32.3 Å². The summed E-state index contributed by atoms with van der Waals surface area (Å²) in [6, 6.07) is 7.29. The number of carbonyl (C=O) groups excluding carboxylic acids is 7. The zero-order valence-corrected chi connectivity index (χ0v) is 50.6. The topological polar surface area (TPSA) is 390 Å². The molecule has 0 spiro atoms. The van der Waals surface area contributed by atoms with Gasteiger partial charge >= 0.3 is 30.3 Å². The number of anilines is 5. The van der Waals surface area contributed by atoms with Crippen LogP contribution in [0.5, 0.6) is 0 Å². The molecule has 5 rings (SSSR count). The van der Waals surface area contributed by atoms with Crippen molar-refractivity contribution in [2.45, 2.75) is 160 Å². The second kappa shape index (κ2) is 31.8. The lowest BCUT2D eigenvalue weighted by atomic mass is 10.2. The average molecular weight is 1140 g/mol. The third kappa shape index (κ3) is 30.4. The Bertz CT molecular complexity index is 2690. The molecule has 0 bridgehead atoms. The number of likely N-dealkylation sites (N-methyl/N-ethyl adjacent to an activating group) is 1. The number of hydrogen-bond donors (Lipinski definition) is 6. The van der Waals surface area contributed by atoms with Crippen molar-refractivity contribution in [1.82, 2.24) is 49.3 Å². The number of carboxylic acid groups (broad SMARTS) is 1. The van der Waals surface area contributed by atoms with E-state index in [1.807, 2.05) is 13.8 Å². The van der Waals surface area contributed by atoms with Crippen LogP contribution in [0.2, 0.25) is 0 Å². The third-order valence-corrected chi connectivity index (χ3v) is 8.69. The second-order valence-corrected chi connectivity index (χ2v) is 22.4. The van der Waals surface area contributed by atoms with Crippen molar-refractivity contribution < 1.29 is 62.4 Å². The molecular weight excluding hydrogens is 1060 g/mol. The summed E-state index contributed by atoms with van der Waals surface area (Å²) in [6.45, 7) is 33.4. The number of ether oxygens (including phenoxy) is 4. The molecule has 452 valence electrons. The molecule has 9 N–H and O–H groups in total. The molecule has 81 heavy (non-hydrogen) atoms. The first-order valence-electron chi connectivity index (χ1n) is 25.3. The molecule has 0 aromatic carbocycles. The predicted octanol–water partition coefficient (Wildman–Crippen LogP) is 7.49. The van der Waals surface area contributed by atoms with Crippen molar-refractivity contribution >= 4 is 77.2 Å². The number of hydrogen-bond acceptors (Lipinski definition) is 20. The SMILES string of the molecule is CC(C)(C)OC(=O)n1ccc(N)n1.CC(C)C(=O)N(C)c1ccn(C(=O)OC(C)(C)C)n1.CC(C)C(=O)Nc1ccn(C(=O)OC(C)(C)C)n1.CC(C)C(=O)O.C[C@H](N)C(=O)N(C)c1ccn(C(=O)OC(C)(C)C)n1.Nc1ccn[nH]1. The standard InChI is InChI=1S/C13H21N3O3.C12H20N4O3.C12H19N3O3.C8H13N3O2.C4H8O2.C3H5N3/c1-9(2)11(17)15(6)10-7-8-16(14-10)12(18)19-13(3,4)5;1-8(13)10(17)15(5)9-6-7-16(14-9)11(18)19-12(2,3)4;1-8(2)10(16)13-9-6-7-15(14-9)11(17)18-12(3,4)5;1-8(2,3)13-7(12)11-5-4-6(9)10-11;1-3(2)4(5)6;4-3-1-2-5-6-3/h7-9H,1-6H3;6-8H,13H2,1-5H3;6-8H,1-5H3,(H,13,14,16);4-5H,1-3H3,(H2,9,10);3H,1-2H3,(H,5,6);1-2H,(H3,4,5,6)/t;8-;;;;/m.0..../s1. The number of aromatic nitrogens is 10. The summed E-state index contributed by atoms with van der Waals surface area (Å²) in [5, 5.41) is 32.4. The Morgan fingerprint density at radius 3 is 1.15 bits per heavy atom. The number of nitrogen functional groups attached to an aromatic ring is 2. The Hall–Kier alpha value is -8.63. The van der Waals surface area contributed by atoms with E-state index in [4.69, 9.17) is 41.3 Å². The van der Waals surface area contributed by atoms with Crippen molar-refractivity contribution in [1.29, 1.82) is 0 Å². The van der Waals surface area contributed by atoms with Crippen LogP contribution in [-0.2, 0) is 38.1 Å². The first kappa shape index (κ1) is 72.4. The van der Waals surface area contributed by atoms with E-state index in [0.717, 1.165) is 18.7 Å². The summed E-state index contributed by atoms with van der Waals surface area (Å²) in [6.07, 6.45) is 5.17. The van der Waals surface area contributed by atoms with E-state index < -0.39 is 58.8 Å². The molecule has 0 saturated carbocycles. The van der Waals surface area contributed by atoms with Gasteiger partial charge in [-0.25, -0.2) is 19.2 Å². The number of aromatic amines is 1. The molecule has 0 fully saturated rings. The molecule has 5 aromatic heterocycles. The highest BCUT2D eigenvalue weighted by Gasteiger charge is 2.24. The van der Waals surface area contributed by atoms with E-state index in [-0.39, 0.29) is 35.5 Å². The van der Waals surface area contributed by atoms with Gasteiger partial charge in [0.15, 0.2) is 17.5 Å². The molecule has 29 nitrogen and oxygen atoms in total. The zero-order valence-electron chi connectivity index (χ0n) is 50.6. The molecular formula is C52H86N16O13. The van der Waals surface area contributed by atoms with Gasteiger partial charge in [0.2, 0.25) is 17.7 Å². The fourth-order valence-electron chi connectivity index (χ4n) is 4.81. The van der Waals surface area contributed by atoms with Crippen LogP contribution in [0.1, 0.15) is 132 Å². The molecule has 0 saturated heterocycles. The van der Waals surface area contributed by atoms with Gasteiger partial charge in [-0.1, -0.05) is 41.5 Å². The molecule has 5 heterocycles. The van der Waals surface area contributed by atoms with Crippen LogP contribution in [-0.4, -0.2) is 145 Å². The number of amides is 3. The number of nitrogens with one attached hydrogen (secondary N) is 2. The van der Waals surface area contributed by atoms with E-state index in [0.29, 0.717) is 29.1 Å². The Kier molecular flexibility index (Phi) is 28.4. The molecule has 0 radical (unpaired) electrons. The fraction of sp³-hybridized carbons (Fsp3) is 0.558. The summed E-state index contributed by atoms with van der Waals surface area (Å²) >= 11 is 0. The maximum absolute atomic E-state index is 11.8. The summed E-state index contributed by atoms with van der Waals surface area (Å²) in [5.74, 6) is 0.264. The van der Waals surface area contributed by atoms with E-state index in [1.54, 1.807) is 162 Å². The van der Waals surface area contributed by atoms with Crippen LogP contribution in [0.4, 0.5) is 48.3 Å². The van der Waals surface area contributed by atoms with E-state index in [1.165, 1.54) is 40.7 Å². The van der Waals surface area contributed by atoms with Gasteiger partial charge < -0.3 is 46.6 Å². The average Bonchev–Trinajstić information content (AvgIpc) is 4.18. The Labute approximate surface area is 473 Å². The number of H-pyrrole nitrogens is 1. The number of rotatable bonds is 7. The van der Waals surface area contributed by atoms with Gasteiger partial charge in [-0.2, -0.15) is 23.8 Å². The minimum absolute atomic E-state index is 0.0607. The minimum Gasteiger partial charge on any atom is -0.481 e. The molecule has 0 aliphatic carbocycles. The summed E-state index contributed by atoms with van der Waals surface area (Å²) in [4.78, 5) is 93.8. The van der Waals surface area contributed by atoms with Gasteiger partial charge in [0.25, 0.3) is 0 Å². The van der Waals surface area contributed by atoms with Crippen LogP contribution in [0.25, 0.3) is 0 Å². The zero-order chi connectivity index (χ0) is 63.1. The minimum atomic E-state index is -0.741. The van der Waals surface area contributed by atoms with Gasteiger partial charge in [0.05, 0.1) is 18.2 Å². The van der Waals surface area contributed by atoms with E-state index in [9.17, 15) is 38.4 Å². The highest BCUT2D eigenvalue weighted by atomic mass is 16.6. The number of carboxylic acids is 1.